The molecule has 1 aromatic carbocycles. The molecule has 1 amide bonds. The molecule has 0 spiro atoms. The molecule has 114 valence electrons. The van der Waals surface area contributed by atoms with Crippen molar-refractivity contribution in [2.45, 2.75) is 19.3 Å². The van der Waals surface area contributed by atoms with E-state index < -0.39 is 0 Å². The number of nitrogens with one attached hydrogen (secondary N) is 1. The SMILES string of the molecule is O=C(CO/N=C1/CCCc2nonc21)Nc1ccccc1Cl. The fraction of sp³-hybridized carbons (Fsp3) is 0.286. The highest BCUT2D eigenvalue weighted by Crippen LogP contribution is 2.20. The zero-order chi connectivity index (χ0) is 15.4. The molecule has 22 heavy (non-hydrogen) atoms. The van der Waals surface area contributed by atoms with Gasteiger partial charge in [-0.25, -0.2) is 4.63 Å². The number of halogens is 1. The summed E-state index contributed by atoms with van der Waals surface area (Å²) in [5.74, 6) is -0.341. The summed E-state index contributed by atoms with van der Waals surface area (Å²) in [4.78, 5) is 16.9. The van der Waals surface area contributed by atoms with E-state index in [-0.39, 0.29) is 12.5 Å². The Labute approximate surface area is 131 Å². The third-order valence-electron chi connectivity index (χ3n) is 3.18. The first-order valence-electron chi connectivity index (χ1n) is 6.79. The van der Waals surface area contributed by atoms with Crippen molar-refractivity contribution in [2.24, 2.45) is 5.16 Å². The van der Waals surface area contributed by atoms with Gasteiger partial charge in [0.25, 0.3) is 5.91 Å². The number of para-hydroxylation sites is 1. The van der Waals surface area contributed by atoms with Gasteiger partial charge in [-0.2, -0.15) is 0 Å². The summed E-state index contributed by atoms with van der Waals surface area (Å²) in [7, 11) is 0. The van der Waals surface area contributed by atoms with Gasteiger partial charge in [-0.3, -0.25) is 4.79 Å². The van der Waals surface area contributed by atoms with Crippen LogP contribution in [-0.4, -0.2) is 28.5 Å². The van der Waals surface area contributed by atoms with Gasteiger partial charge in [0.1, 0.15) is 11.4 Å². The smallest absolute Gasteiger partial charge is 0.265 e. The number of aromatic nitrogens is 2. The number of fused-ring (bicyclic) bond motifs is 1. The number of rotatable bonds is 4. The van der Waals surface area contributed by atoms with Crippen molar-refractivity contribution in [3.63, 3.8) is 0 Å². The second-order valence-electron chi connectivity index (χ2n) is 4.75. The predicted octanol–water partition coefficient (Wildman–Crippen LogP) is 2.42. The van der Waals surface area contributed by atoms with Gasteiger partial charge in [-0.05, 0) is 36.6 Å². The second-order valence-corrected chi connectivity index (χ2v) is 5.16. The number of amides is 1. The van der Waals surface area contributed by atoms with Crippen LogP contribution in [0.1, 0.15) is 24.2 Å². The summed E-state index contributed by atoms with van der Waals surface area (Å²) in [5.41, 5.74) is 2.56. The van der Waals surface area contributed by atoms with Crippen molar-refractivity contribution in [1.82, 2.24) is 10.3 Å². The van der Waals surface area contributed by atoms with Crippen LogP contribution in [0.5, 0.6) is 0 Å². The summed E-state index contributed by atoms with van der Waals surface area (Å²) in [6.45, 7) is -0.213. The maximum Gasteiger partial charge on any atom is 0.265 e. The van der Waals surface area contributed by atoms with E-state index in [1.54, 1.807) is 24.3 Å². The number of carbonyl (C=O) groups excluding carboxylic acids is 1. The number of oxime groups is 1. The van der Waals surface area contributed by atoms with E-state index in [0.717, 1.165) is 18.5 Å². The fourth-order valence-corrected chi connectivity index (χ4v) is 2.32. The molecule has 0 unspecified atom stereocenters. The van der Waals surface area contributed by atoms with E-state index in [4.69, 9.17) is 16.4 Å². The number of nitrogens with zero attached hydrogens (tertiary/aromatic N) is 3. The first-order valence-corrected chi connectivity index (χ1v) is 7.17. The van der Waals surface area contributed by atoms with Crippen LogP contribution in [0.25, 0.3) is 0 Å². The van der Waals surface area contributed by atoms with E-state index in [2.05, 4.69) is 25.4 Å². The Balaban J connectivity index is 1.57. The van der Waals surface area contributed by atoms with Crippen molar-refractivity contribution in [1.29, 1.82) is 0 Å². The van der Waals surface area contributed by atoms with Gasteiger partial charge in [0, 0.05) is 0 Å². The minimum Gasteiger partial charge on any atom is -0.385 e. The third-order valence-corrected chi connectivity index (χ3v) is 3.50. The lowest BCUT2D eigenvalue weighted by molar-refractivity contribution is -0.120. The third kappa shape index (κ3) is 3.25. The van der Waals surface area contributed by atoms with Crippen LogP contribution in [0.4, 0.5) is 5.69 Å². The first kappa shape index (κ1) is 14.5. The molecule has 2 aromatic rings. The molecule has 0 fully saturated rings. The van der Waals surface area contributed by atoms with Crippen molar-refractivity contribution < 1.29 is 14.3 Å². The van der Waals surface area contributed by atoms with Crippen LogP contribution < -0.4 is 5.32 Å². The number of hydrogen-bond acceptors (Lipinski definition) is 6. The molecule has 0 bridgehead atoms. The highest BCUT2D eigenvalue weighted by molar-refractivity contribution is 6.33. The zero-order valence-corrected chi connectivity index (χ0v) is 12.3. The van der Waals surface area contributed by atoms with Gasteiger partial charge >= 0.3 is 0 Å². The van der Waals surface area contributed by atoms with Gasteiger partial charge in [-0.15, -0.1) is 0 Å². The number of hydrogen-bond donors (Lipinski definition) is 1. The summed E-state index contributed by atoms with van der Waals surface area (Å²) in [6.07, 6.45) is 2.42. The van der Waals surface area contributed by atoms with Gasteiger partial charge in [0.05, 0.1) is 10.7 Å². The van der Waals surface area contributed by atoms with E-state index in [1.165, 1.54) is 0 Å². The summed E-state index contributed by atoms with van der Waals surface area (Å²) in [6, 6.07) is 6.97. The number of benzene rings is 1. The van der Waals surface area contributed by atoms with Crippen LogP contribution in [0.3, 0.4) is 0 Å². The molecule has 0 radical (unpaired) electrons. The van der Waals surface area contributed by atoms with E-state index in [9.17, 15) is 4.79 Å². The van der Waals surface area contributed by atoms with Crippen LogP contribution in [-0.2, 0) is 16.1 Å². The molecular formula is C14H13ClN4O3. The minimum absolute atomic E-state index is 0.213. The molecule has 1 aromatic heterocycles. The molecule has 1 heterocycles. The molecule has 3 rings (SSSR count). The summed E-state index contributed by atoms with van der Waals surface area (Å²) >= 11 is 5.96. The topological polar surface area (TPSA) is 89.6 Å². The van der Waals surface area contributed by atoms with Gasteiger partial charge < -0.3 is 10.2 Å². The zero-order valence-electron chi connectivity index (χ0n) is 11.6. The monoisotopic (exact) mass is 320 g/mol. The molecule has 0 saturated heterocycles. The van der Waals surface area contributed by atoms with Gasteiger partial charge in [0.15, 0.2) is 12.3 Å². The lowest BCUT2D eigenvalue weighted by atomic mass is 9.99. The van der Waals surface area contributed by atoms with E-state index in [0.29, 0.717) is 28.5 Å². The van der Waals surface area contributed by atoms with Crippen LogP contribution in [0.15, 0.2) is 34.1 Å². The lowest BCUT2D eigenvalue weighted by Crippen LogP contribution is -2.18. The normalized spacial score (nSPS) is 15.4. The standard InChI is InChI=1S/C14H13ClN4O3/c15-9-4-1-2-5-10(9)16-13(20)8-21-17-11-6-3-7-12-14(11)19-22-18-12/h1-2,4-5H,3,6-8H2,(H,16,20)/b17-11-. The predicted molar refractivity (Wildman–Crippen MR) is 79.8 cm³/mol. The Morgan fingerprint density at radius 2 is 2.23 bits per heavy atom. The van der Waals surface area contributed by atoms with Crippen molar-refractivity contribution in [3.8, 4) is 0 Å². The summed E-state index contributed by atoms with van der Waals surface area (Å²) in [5, 5.41) is 14.7. The van der Waals surface area contributed by atoms with Gasteiger partial charge in [0.2, 0.25) is 0 Å². The van der Waals surface area contributed by atoms with Crippen molar-refractivity contribution in [3.05, 3.63) is 40.7 Å². The molecule has 0 saturated carbocycles. The van der Waals surface area contributed by atoms with Crippen molar-refractivity contribution >= 4 is 28.9 Å². The molecule has 8 heteroatoms. The fourth-order valence-electron chi connectivity index (χ4n) is 2.14. The van der Waals surface area contributed by atoms with Crippen LogP contribution in [0, 0.1) is 0 Å². The Morgan fingerprint density at radius 1 is 1.36 bits per heavy atom. The van der Waals surface area contributed by atoms with E-state index >= 15 is 0 Å². The highest BCUT2D eigenvalue weighted by atomic mass is 35.5. The molecule has 1 aliphatic carbocycles. The maximum atomic E-state index is 11.8. The molecule has 7 nitrogen and oxygen atoms in total. The molecular weight excluding hydrogens is 308 g/mol. The summed E-state index contributed by atoms with van der Waals surface area (Å²) < 4.78 is 4.69. The number of aryl methyl sites for hydroxylation is 1. The Morgan fingerprint density at radius 3 is 3.09 bits per heavy atom. The largest absolute Gasteiger partial charge is 0.385 e. The molecule has 1 N–H and O–H groups in total. The lowest BCUT2D eigenvalue weighted by Gasteiger charge is -2.09. The average molecular weight is 321 g/mol. The minimum atomic E-state index is -0.341. The first-order chi connectivity index (χ1) is 10.7. The Hall–Kier alpha value is -2.41. The van der Waals surface area contributed by atoms with Gasteiger partial charge in [-0.1, -0.05) is 34.0 Å². The number of anilines is 1. The maximum absolute atomic E-state index is 11.8. The van der Waals surface area contributed by atoms with Crippen LogP contribution >= 0.6 is 11.6 Å². The number of carbonyl (C=O) groups is 1. The second kappa shape index (κ2) is 6.57. The van der Waals surface area contributed by atoms with Crippen LogP contribution in [0.2, 0.25) is 5.02 Å². The Bertz CT molecular complexity index is 714. The highest BCUT2D eigenvalue weighted by Gasteiger charge is 2.21. The van der Waals surface area contributed by atoms with E-state index in [1.807, 2.05) is 0 Å². The molecule has 1 aliphatic rings. The Kier molecular flexibility index (Phi) is 4.34. The van der Waals surface area contributed by atoms with Crippen molar-refractivity contribution in [2.75, 3.05) is 11.9 Å². The molecule has 0 aliphatic heterocycles. The quantitative estimate of drug-likeness (QED) is 0.874. The average Bonchev–Trinajstić information content (AvgIpc) is 2.99. The molecule has 0 atom stereocenters.